The van der Waals surface area contributed by atoms with E-state index in [4.69, 9.17) is 22.1 Å². The summed E-state index contributed by atoms with van der Waals surface area (Å²) in [6.07, 6.45) is 0.772. The molecule has 0 atom stereocenters. The monoisotopic (exact) mass is 270 g/mol. The summed E-state index contributed by atoms with van der Waals surface area (Å²) < 4.78 is 5.36. The molecule has 0 aliphatic heterocycles. The molecule has 4 nitrogen and oxygen atoms in total. The Hall–Kier alpha value is -1.26. The van der Waals surface area contributed by atoms with Gasteiger partial charge in [0.1, 0.15) is 5.75 Å². The zero-order valence-electron chi connectivity index (χ0n) is 10.7. The number of halogens is 1. The summed E-state index contributed by atoms with van der Waals surface area (Å²) in [4.78, 5) is 11.4. The Morgan fingerprint density at radius 2 is 2.22 bits per heavy atom. The second-order valence-electron chi connectivity index (χ2n) is 4.31. The van der Waals surface area contributed by atoms with Crippen LogP contribution in [0.15, 0.2) is 18.2 Å². The molecule has 0 aromatic heterocycles. The van der Waals surface area contributed by atoms with E-state index in [1.54, 1.807) is 6.07 Å². The van der Waals surface area contributed by atoms with Crippen LogP contribution in [-0.4, -0.2) is 25.1 Å². The molecule has 0 aliphatic rings. The van der Waals surface area contributed by atoms with Gasteiger partial charge in [-0.15, -0.1) is 0 Å². The fourth-order valence-corrected chi connectivity index (χ4v) is 1.75. The quantitative estimate of drug-likeness (QED) is 0.828. The lowest BCUT2D eigenvalue weighted by atomic mass is 10.1. The number of benzene rings is 1. The van der Waals surface area contributed by atoms with Gasteiger partial charge in [-0.1, -0.05) is 17.7 Å². The number of carbonyl (C=O) groups is 1. The van der Waals surface area contributed by atoms with E-state index in [2.05, 4.69) is 5.32 Å². The van der Waals surface area contributed by atoms with Crippen molar-refractivity contribution in [3.63, 3.8) is 0 Å². The number of ether oxygens (including phenoxy) is 1. The number of nitrogens with two attached hydrogens (primary N) is 1. The van der Waals surface area contributed by atoms with Gasteiger partial charge in [0.15, 0.2) is 6.61 Å². The van der Waals surface area contributed by atoms with E-state index in [-0.39, 0.29) is 18.6 Å². The van der Waals surface area contributed by atoms with Gasteiger partial charge in [-0.05, 0) is 44.5 Å². The standard InChI is InChI=1S/C13H19ClN2O2/c1-9(2)16-13(17)8-18-12-4-3-10(5-6-15)7-11(12)14/h3-4,7,9H,5-6,8,15H2,1-2H3,(H,16,17). The number of carbonyl (C=O) groups excluding carboxylic acids is 1. The highest BCUT2D eigenvalue weighted by Gasteiger charge is 2.07. The summed E-state index contributed by atoms with van der Waals surface area (Å²) in [5, 5.41) is 3.24. The fraction of sp³-hybridized carbons (Fsp3) is 0.462. The van der Waals surface area contributed by atoms with Gasteiger partial charge in [0, 0.05) is 6.04 Å². The first-order chi connectivity index (χ1) is 8.52. The van der Waals surface area contributed by atoms with E-state index in [1.165, 1.54) is 0 Å². The Bertz CT molecular complexity index is 408. The van der Waals surface area contributed by atoms with Crippen molar-refractivity contribution in [3.05, 3.63) is 28.8 Å². The molecule has 0 radical (unpaired) electrons. The van der Waals surface area contributed by atoms with Crippen LogP contribution in [0.5, 0.6) is 5.75 Å². The van der Waals surface area contributed by atoms with Gasteiger partial charge in [0.2, 0.25) is 0 Å². The average molecular weight is 271 g/mol. The van der Waals surface area contributed by atoms with Crippen molar-refractivity contribution in [1.29, 1.82) is 0 Å². The molecule has 100 valence electrons. The highest BCUT2D eigenvalue weighted by atomic mass is 35.5. The van der Waals surface area contributed by atoms with Crippen LogP contribution in [0.1, 0.15) is 19.4 Å². The third kappa shape index (κ3) is 4.94. The zero-order valence-corrected chi connectivity index (χ0v) is 11.5. The molecule has 18 heavy (non-hydrogen) atoms. The molecule has 0 aliphatic carbocycles. The zero-order chi connectivity index (χ0) is 13.5. The molecule has 0 saturated heterocycles. The summed E-state index contributed by atoms with van der Waals surface area (Å²) in [5.41, 5.74) is 6.52. The number of nitrogens with one attached hydrogen (secondary N) is 1. The van der Waals surface area contributed by atoms with Gasteiger partial charge in [-0.3, -0.25) is 4.79 Å². The average Bonchev–Trinajstić information content (AvgIpc) is 2.27. The first kappa shape index (κ1) is 14.8. The van der Waals surface area contributed by atoms with Crippen molar-refractivity contribution < 1.29 is 9.53 Å². The molecular formula is C13H19ClN2O2. The van der Waals surface area contributed by atoms with Crippen LogP contribution in [0.25, 0.3) is 0 Å². The molecule has 1 aromatic carbocycles. The van der Waals surface area contributed by atoms with Crippen molar-refractivity contribution in [3.8, 4) is 5.75 Å². The highest BCUT2D eigenvalue weighted by molar-refractivity contribution is 6.32. The molecule has 0 heterocycles. The molecule has 1 aromatic rings. The van der Waals surface area contributed by atoms with Gasteiger partial charge in [0.05, 0.1) is 5.02 Å². The maximum atomic E-state index is 11.4. The fourth-order valence-electron chi connectivity index (χ4n) is 1.49. The molecular weight excluding hydrogens is 252 g/mol. The molecule has 1 rings (SSSR count). The summed E-state index contributed by atoms with van der Waals surface area (Å²) in [6, 6.07) is 5.57. The Morgan fingerprint density at radius 3 is 2.78 bits per heavy atom. The molecule has 0 bridgehead atoms. The lowest BCUT2D eigenvalue weighted by Crippen LogP contribution is -2.34. The molecule has 0 unspecified atom stereocenters. The summed E-state index contributed by atoms with van der Waals surface area (Å²) in [7, 11) is 0. The van der Waals surface area contributed by atoms with Crippen molar-refractivity contribution in [2.45, 2.75) is 26.3 Å². The van der Waals surface area contributed by atoms with Crippen molar-refractivity contribution >= 4 is 17.5 Å². The molecule has 0 saturated carbocycles. The van der Waals surface area contributed by atoms with Crippen LogP contribution >= 0.6 is 11.6 Å². The summed E-state index contributed by atoms with van der Waals surface area (Å²) in [6.45, 7) is 4.33. The second-order valence-corrected chi connectivity index (χ2v) is 4.72. The van der Waals surface area contributed by atoms with E-state index in [1.807, 2.05) is 26.0 Å². The lowest BCUT2D eigenvalue weighted by Gasteiger charge is -2.11. The predicted molar refractivity (Wildman–Crippen MR) is 73.0 cm³/mol. The first-order valence-corrected chi connectivity index (χ1v) is 6.31. The largest absolute Gasteiger partial charge is 0.482 e. The third-order valence-electron chi connectivity index (χ3n) is 2.24. The van der Waals surface area contributed by atoms with E-state index in [9.17, 15) is 4.79 Å². The third-order valence-corrected chi connectivity index (χ3v) is 2.53. The van der Waals surface area contributed by atoms with Crippen LogP contribution in [-0.2, 0) is 11.2 Å². The minimum Gasteiger partial charge on any atom is -0.482 e. The van der Waals surface area contributed by atoms with Crippen molar-refractivity contribution in [2.75, 3.05) is 13.2 Å². The Kier molecular flexibility index (Phi) is 5.95. The Balaban J connectivity index is 2.55. The minimum absolute atomic E-state index is 0.0336. The van der Waals surface area contributed by atoms with E-state index < -0.39 is 0 Å². The smallest absolute Gasteiger partial charge is 0.258 e. The highest BCUT2D eigenvalue weighted by Crippen LogP contribution is 2.25. The number of amides is 1. The normalized spacial score (nSPS) is 10.5. The Labute approximate surface area is 112 Å². The number of hydrogen-bond donors (Lipinski definition) is 2. The number of rotatable bonds is 6. The van der Waals surface area contributed by atoms with Crippen LogP contribution in [0.2, 0.25) is 5.02 Å². The molecule has 5 heteroatoms. The van der Waals surface area contributed by atoms with Crippen molar-refractivity contribution in [1.82, 2.24) is 5.32 Å². The van der Waals surface area contributed by atoms with Gasteiger partial charge in [-0.2, -0.15) is 0 Å². The Morgan fingerprint density at radius 1 is 1.50 bits per heavy atom. The van der Waals surface area contributed by atoms with Crippen LogP contribution < -0.4 is 15.8 Å². The van der Waals surface area contributed by atoms with Gasteiger partial charge in [-0.25, -0.2) is 0 Å². The first-order valence-electron chi connectivity index (χ1n) is 5.93. The topological polar surface area (TPSA) is 64.3 Å². The second kappa shape index (κ2) is 7.24. The van der Waals surface area contributed by atoms with E-state index in [0.717, 1.165) is 12.0 Å². The summed E-state index contributed by atoms with van der Waals surface area (Å²) >= 11 is 6.06. The predicted octanol–water partition coefficient (Wildman–Crippen LogP) is 1.74. The molecule has 3 N–H and O–H groups in total. The maximum Gasteiger partial charge on any atom is 0.258 e. The SMILES string of the molecule is CC(C)NC(=O)COc1ccc(CCN)cc1Cl. The lowest BCUT2D eigenvalue weighted by molar-refractivity contribution is -0.123. The van der Waals surface area contributed by atoms with Crippen LogP contribution in [0.3, 0.4) is 0 Å². The number of hydrogen-bond acceptors (Lipinski definition) is 3. The van der Waals surface area contributed by atoms with E-state index >= 15 is 0 Å². The maximum absolute atomic E-state index is 11.4. The minimum atomic E-state index is -0.160. The van der Waals surface area contributed by atoms with Crippen LogP contribution in [0, 0.1) is 0 Å². The summed E-state index contributed by atoms with van der Waals surface area (Å²) in [5.74, 6) is 0.350. The molecule has 0 spiro atoms. The van der Waals surface area contributed by atoms with Crippen LogP contribution in [0.4, 0.5) is 0 Å². The van der Waals surface area contributed by atoms with E-state index in [0.29, 0.717) is 17.3 Å². The van der Waals surface area contributed by atoms with Gasteiger partial charge < -0.3 is 15.8 Å². The molecule has 0 fully saturated rings. The van der Waals surface area contributed by atoms with Gasteiger partial charge in [0.25, 0.3) is 5.91 Å². The molecule has 1 amide bonds. The van der Waals surface area contributed by atoms with Gasteiger partial charge >= 0.3 is 0 Å². The van der Waals surface area contributed by atoms with Crippen molar-refractivity contribution in [2.24, 2.45) is 5.73 Å².